The zero-order valence-corrected chi connectivity index (χ0v) is 7.90. The predicted octanol–water partition coefficient (Wildman–Crippen LogP) is 0.135. The van der Waals surface area contributed by atoms with Crippen molar-refractivity contribution >= 4 is 19.3 Å². The van der Waals surface area contributed by atoms with Gasteiger partial charge in [0.1, 0.15) is 0 Å². The highest BCUT2D eigenvalue weighted by atomic mass is 32.1. The topological polar surface area (TPSA) is 45.7 Å². The number of hydrogen-bond donors (Lipinski definition) is 3. The summed E-state index contributed by atoms with van der Waals surface area (Å²) in [6, 6.07) is 0. The van der Waals surface area contributed by atoms with Gasteiger partial charge >= 0.3 is 0 Å². The van der Waals surface area contributed by atoms with Gasteiger partial charge in [0, 0.05) is 20.8 Å². The van der Waals surface area contributed by atoms with Crippen molar-refractivity contribution < 1.29 is 4.84 Å². The quantitative estimate of drug-likeness (QED) is 0.311. The van der Waals surface area contributed by atoms with Crippen LogP contribution in [-0.4, -0.2) is 34.2 Å². The molecular weight excluding hydrogens is 150 g/mol. The average Bonchev–Trinajstić information content (AvgIpc) is 2.08. The fourth-order valence-corrected chi connectivity index (χ4v) is 0. The molecule has 0 aromatic rings. The van der Waals surface area contributed by atoms with Gasteiger partial charge in [0.25, 0.3) is 0 Å². The van der Waals surface area contributed by atoms with Gasteiger partial charge in [-0.3, -0.25) is 0 Å². The minimum absolute atomic E-state index is 1.57. The number of nitrogens with one attached hydrogen (secondary N) is 2. The molecule has 0 aliphatic carbocycles. The number of hydroxylamine groups is 1. The zero-order valence-electron chi connectivity index (χ0n) is 7.01. The van der Waals surface area contributed by atoms with Crippen molar-refractivity contribution in [2.24, 2.45) is 5.10 Å². The summed E-state index contributed by atoms with van der Waals surface area (Å²) in [7, 11) is 4.98. The molecule has 0 fully saturated rings. The monoisotopic (exact) mass is 167 g/mol. The second kappa shape index (κ2) is 37.4. The number of hydrogen-bond acceptors (Lipinski definition) is 5. The first-order valence-electron chi connectivity index (χ1n) is 2.60. The lowest BCUT2D eigenvalue weighted by Crippen LogP contribution is -2.00. The van der Waals surface area contributed by atoms with Crippen LogP contribution in [0.25, 0.3) is 0 Å². The summed E-state index contributed by atoms with van der Waals surface area (Å²) < 4.78 is 0. The van der Waals surface area contributed by atoms with E-state index in [-0.39, 0.29) is 0 Å². The summed E-state index contributed by atoms with van der Waals surface area (Å²) in [6.07, 6.45) is 1.69. The van der Waals surface area contributed by atoms with E-state index in [0.29, 0.717) is 0 Å². The van der Waals surface area contributed by atoms with Gasteiger partial charge in [-0.1, -0.05) is 0 Å². The van der Waals surface area contributed by atoms with Crippen molar-refractivity contribution in [1.29, 1.82) is 0 Å². The molecule has 0 spiro atoms. The summed E-state index contributed by atoms with van der Waals surface area (Å²) in [6.45, 7) is 3.12. The van der Waals surface area contributed by atoms with Crippen LogP contribution in [0.4, 0.5) is 0 Å². The highest BCUT2D eigenvalue weighted by Gasteiger charge is 1.45. The Bertz CT molecular complexity index is 43.9. The van der Waals surface area contributed by atoms with E-state index in [1.165, 1.54) is 0 Å². The molecule has 2 N–H and O–H groups in total. The minimum atomic E-state index is 1.57. The molecule has 0 aliphatic heterocycles. The highest BCUT2D eigenvalue weighted by molar-refractivity contribution is 7.79. The second-order valence-electron chi connectivity index (χ2n) is 0.790. The molecule has 0 atom stereocenters. The van der Waals surface area contributed by atoms with Crippen LogP contribution in [-0.2, 0) is 4.84 Å². The van der Waals surface area contributed by atoms with Gasteiger partial charge in [-0.2, -0.15) is 17.7 Å². The summed E-state index contributed by atoms with van der Waals surface area (Å²) in [5.74, 6) is 0. The number of thiol groups is 1. The van der Waals surface area contributed by atoms with Crippen LogP contribution >= 0.6 is 12.6 Å². The Hall–Kier alpha value is -0.260. The van der Waals surface area contributed by atoms with Crippen LogP contribution in [0.1, 0.15) is 0 Å². The van der Waals surface area contributed by atoms with Crippen LogP contribution < -0.4 is 10.9 Å². The van der Waals surface area contributed by atoms with Crippen molar-refractivity contribution in [2.45, 2.75) is 0 Å². The van der Waals surface area contributed by atoms with Gasteiger partial charge in [-0.25, -0.2) is 5.48 Å². The standard InChI is InChI=1S/C2H6N2.C2H7NO.CH4S/c2*1-3-4-2;1-2/h4H,1H2,2H3;3H,1-2H3;2H,1H3. The first-order chi connectivity index (χ1) is 4.83. The molecule has 0 heterocycles. The third-order valence-electron chi connectivity index (χ3n) is 0.362. The Morgan fingerprint density at radius 2 is 1.60 bits per heavy atom. The van der Waals surface area contributed by atoms with Crippen LogP contribution in [0.5, 0.6) is 0 Å². The van der Waals surface area contributed by atoms with E-state index >= 15 is 0 Å². The van der Waals surface area contributed by atoms with E-state index in [1.54, 1.807) is 27.5 Å². The van der Waals surface area contributed by atoms with Gasteiger partial charge in [0.15, 0.2) is 0 Å². The molecule has 4 nitrogen and oxygen atoms in total. The summed E-state index contributed by atoms with van der Waals surface area (Å²) >= 11 is 3.53. The fraction of sp³-hybridized carbons (Fsp3) is 0.800. The Labute approximate surface area is 68.4 Å². The molecule has 0 aliphatic rings. The van der Waals surface area contributed by atoms with E-state index in [2.05, 4.69) is 40.2 Å². The first kappa shape index (κ1) is 16.4. The summed E-state index contributed by atoms with van der Waals surface area (Å²) in [5, 5.41) is 3.24. The Balaban J connectivity index is -0.0000000787. The lowest BCUT2D eigenvalue weighted by Gasteiger charge is -1.80. The van der Waals surface area contributed by atoms with Crippen molar-refractivity contribution in [3.05, 3.63) is 0 Å². The maximum atomic E-state index is 4.29. The summed E-state index contributed by atoms with van der Waals surface area (Å²) in [5.41, 5.74) is 4.88. The van der Waals surface area contributed by atoms with E-state index in [9.17, 15) is 0 Å². The van der Waals surface area contributed by atoms with Gasteiger partial charge in [0.05, 0.1) is 7.11 Å². The number of nitrogens with zero attached hydrogens (tertiary/aromatic N) is 1. The molecule has 0 saturated carbocycles. The van der Waals surface area contributed by atoms with E-state index in [4.69, 9.17) is 0 Å². The molecule has 0 rings (SSSR count). The highest BCUT2D eigenvalue weighted by Crippen LogP contribution is 1.32. The average molecular weight is 167 g/mol. The molecule has 0 bridgehead atoms. The summed E-state index contributed by atoms with van der Waals surface area (Å²) in [4.78, 5) is 4.29. The van der Waals surface area contributed by atoms with Gasteiger partial charge < -0.3 is 10.3 Å². The van der Waals surface area contributed by atoms with Crippen molar-refractivity contribution in [1.82, 2.24) is 10.9 Å². The molecule has 10 heavy (non-hydrogen) atoms. The molecule has 0 aromatic carbocycles. The molecule has 0 radical (unpaired) electrons. The molecular formula is C5H17N3OS. The maximum absolute atomic E-state index is 4.29. The van der Waals surface area contributed by atoms with Crippen LogP contribution in [0.2, 0.25) is 0 Å². The molecule has 0 amide bonds. The SMILES string of the molecule is C=NNC.CNOC.CS. The normalized spacial score (nSPS) is 5.70. The maximum Gasteiger partial charge on any atom is 0.0572 e. The number of hydrazone groups is 1. The lowest BCUT2D eigenvalue weighted by molar-refractivity contribution is 0.112. The van der Waals surface area contributed by atoms with Crippen molar-refractivity contribution in [2.75, 3.05) is 27.5 Å². The Morgan fingerprint density at radius 1 is 1.40 bits per heavy atom. The van der Waals surface area contributed by atoms with Crippen LogP contribution in [0.15, 0.2) is 5.10 Å². The number of rotatable bonds is 2. The van der Waals surface area contributed by atoms with Crippen molar-refractivity contribution in [3.8, 4) is 0 Å². The molecule has 0 unspecified atom stereocenters. The van der Waals surface area contributed by atoms with Crippen LogP contribution in [0.3, 0.4) is 0 Å². The molecule has 0 aromatic heterocycles. The molecule has 5 heteroatoms. The van der Waals surface area contributed by atoms with E-state index in [0.717, 1.165) is 0 Å². The first-order valence-corrected chi connectivity index (χ1v) is 3.49. The molecule has 0 saturated heterocycles. The minimum Gasteiger partial charge on any atom is -0.314 e. The smallest absolute Gasteiger partial charge is 0.0572 e. The van der Waals surface area contributed by atoms with Gasteiger partial charge in [0.2, 0.25) is 0 Å². The van der Waals surface area contributed by atoms with Crippen LogP contribution in [0, 0.1) is 0 Å². The zero-order chi connectivity index (χ0) is 8.83. The predicted molar refractivity (Wildman–Crippen MR) is 49.6 cm³/mol. The van der Waals surface area contributed by atoms with Gasteiger partial charge in [-0.05, 0) is 6.26 Å². The Morgan fingerprint density at radius 3 is 1.60 bits per heavy atom. The van der Waals surface area contributed by atoms with Crippen molar-refractivity contribution in [3.63, 3.8) is 0 Å². The molecule has 64 valence electrons. The third-order valence-corrected chi connectivity index (χ3v) is 0.362. The lowest BCUT2D eigenvalue weighted by atomic mass is 11.5. The van der Waals surface area contributed by atoms with E-state index < -0.39 is 0 Å². The Kier molecular flexibility index (Phi) is 61.3. The third kappa shape index (κ3) is 116. The van der Waals surface area contributed by atoms with E-state index in [1.807, 2.05) is 0 Å². The fourth-order valence-electron chi connectivity index (χ4n) is 0. The second-order valence-corrected chi connectivity index (χ2v) is 0.790. The largest absolute Gasteiger partial charge is 0.314 e. The van der Waals surface area contributed by atoms with Gasteiger partial charge in [-0.15, -0.1) is 0 Å².